The molecule has 6 rings (SSSR count). The van der Waals surface area contributed by atoms with Gasteiger partial charge < -0.3 is 19.3 Å². The highest BCUT2D eigenvalue weighted by atomic mass is 16.7. The Morgan fingerprint density at radius 3 is 2.60 bits per heavy atom. The summed E-state index contributed by atoms with van der Waals surface area (Å²) in [6.07, 6.45) is 3.34. The van der Waals surface area contributed by atoms with Crippen molar-refractivity contribution in [2.45, 2.75) is 19.4 Å². The molecule has 3 aliphatic rings. The molecule has 0 spiro atoms. The van der Waals surface area contributed by atoms with Crippen LogP contribution in [0.25, 0.3) is 0 Å². The first-order valence-electron chi connectivity index (χ1n) is 11.9. The third kappa shape index (κ3) is 4.10. The third-order valence-electron chi connectivity index (χ3n) is 6.85. The zero-order chi connectivity index (χ0) is 23.8. The van der Waals surface area contributed by atoms with Crippen LogP contribution in [0.5, 0.6) is 11.5 Å². The van der Waals surface area contributed by atoms with E-state index in [0.29, 0.717) is 31.3 Å². The molecule has 0 unspecified atom stereocenters. The molecule has 0 radical (unpaired) electrons. The second-order valence-electron chi connectivity index (χ2n) is 8.96. The minimum Gasteiger partial charge on any atom is -0.454 e. The molecule has 0 aliphatic carbocycles. The van der Waals surface area contributed by atoms with Crippen molar-refractivity contribution in [1.29, 1.82) is 0 Å². The Bertz CT molecular complexity index is 1260. The van der Waals surface area contributed by atoms with Crippen LogP contribution in [0.15, 0.2) is 48.8 Å². The summed E-state index contributed by atoms with van der Waals surface area (Å²) >= 11 is 0. The van der Waals surface area contributed by atoms with Crippen LogP contribution in [0, 0.1) is 10.1 Å². The average Bonchev–Trinajstić information content (AvgIpc) is 3.36. The second-order valence-corrected chi connectivity index (χ2v) is 8.96. The van der Waals surface area contributed by atoms with Crippen molar-refractivity contribution in [2.75, 3.05) is 49.3 Å². The maximum atomic E-state index is 12.3. The largest absolute Gasteiger partial charge is 0.454 e. The molecule has 10 heteroatoms. The lowest BCUT2D eigenvalue weighted by molar-refractivity contribution is -0.383. The fourth-order valence-corrected chi connectivity index (χ4v) is 5.12. The van der Waals surface area contributed by atoms with Crippen molar-refractivity contribution < 1.29 is 14.4 Å². The number of fused-ring (bicyclic) bond motifs is 2. The van der Waals surface area contributed by atoms with Crippen molar-refractivity contribution in [3.05, 3.63) is 70.0 Å². The molecule has 180 valence electrons. The Hall–Kier alpha value is -3.92. The van der Waals surface area contributed by atoms with Gasteiger partial charge in [-0.3, -0.25) is 15.0 Å². The number of nitro groups is 1. The Labute approximate surface area is 202 Å². The molecule has 35 heavy (non-hydrogen) atoms. The molecule has 10 nitrogen and oxygen atoms in total. The predicted molar refractivity (Wildman–Crippen MR) is 131 cm³/mol. The van der Waals surface area contributed by atoms with Crippen LogP contribution in [-0.4, -0.2) is 59.3 Å². The number of nitrogens with zero attached hydrogens (tertiary/aromatic N) is 6. The van der Waals surface area contributed by atoms with E-state index < -0.39 is 0 Å². The van der Waals surface area contributed by atoms with Gasteiger partial charge in [0.15, 0.2) is 11.5 Å². The zero-order valence-corrected chi connectivity index (χ0v) is 19.3. The fraction of sp³-hybridized carbons (Fsp3) is 0.360. The summed E-state index contributed by atoms with van der Waals surface area (Å²) < 4.78 is 10.9. The molecule has 0 N–H and O–H groups in total. The van der Waals surface area contributed by atoms with Crippen molar-refractivity contribution in [3.63, 3.8) is 0 Å². The van der Waals surface area contributed by atoms with E-state index in [2.05, 4.69) is 27.0 Å². The first kappa shape index (κ1) is 21.6. The van der Waals surface area contributed by atoms with Gasteiger partial charge in [-0.05, 0) is 42.2 Å². The lowest BCUT2D eigenvalue weighted by Crippen LogP contribution is -2.46. The van der Waals surface area contributed by atoms with E-state index in [9.17, 15) is 10.1 Å². The van der Waals surface area contributed by atoms with Gasteiger partial charge in [0.1, 0.15) is 6.33 Å². The van der Waals surface area contributed by atoms with Gasteiger partial charge in [0.2, 0.25) is 18.4 Å². The summed E-state index contributed by atoms with van der Waals surface area (Å²) in [5.74, 6) is 2.33. The summed E-state index contributed by atoms with van der Waals surface area (Å²) in [7, 11) is 0. The molecule has 3 aliphatic heterocycles. The average molecular weight is 475 g/mol. The number of aryl methyl sites for hydroxylation is 1. The third-order valence-corrected chi connectivity index (χ3v) is 6.85. The smallest absolute Gasteiger partial charge is 0.353 e. The summed E-state index contributed by atoms with van der Waals surface area (Å²) in [5.41, 5.74) is 3.31. The van der Waals surface area contributed by atoms with Gasteiger partial charge in [-0.2, -0.15) is 0 Å². The van der Waals surface area contributed by atoms with E-state index in [1.54, 1.807) is 0 Å². The van der Waals surface area contributed by atoms with Gasteiger partial charge in [-0.25, -0.2) is 9.97 Å². The molecule has 3 aromatic rings. The van der Waals surface area contributed by atoms with Crippen molar-refractivity contribution in [2.24, 2.45) is 0 Å². The number of benzene rings is 2. The van der Waals surface area contributed by atoms with E-state index in [1.807, 2.05) is 40.1 Å². The van der Waals surface area contributed by atoms with E-state index >= 15 is 0 Å². The molecule has 1 aromatic heterocycles. The Morgan fingerprint density at radius 1 is 0.943 bits per heavy atom. The molecule has 0 amide bonds. The number of ether oxygens (including phenoxy) is 2. The highest BCUT2D eigenvalue weighted by Crippen LogP contribution is 2.41. The first-order valence-corrected chi connectivity index (χ1v) is 11.9. The fourth-order valence-electron chi connectivity index (χ4n) is 5.12. The number of piperazine rings is 1. The molecule has 0 atom stereocenters. The minimum atomic E-state index is -0.332. The van der Waals surface area contributed by atoms with Crippen LogP contribution in [0.3, 0.4) is 0 Å². The second kappa shape index (κ2) is 9.03. The number of hydrogen-bond acceptors (Lipinski definition) is 9. The number of aromatic nitrogens is 2. The molecule has 1 saturated heterocycles. The van der Waals surface area contributed by atoms with E-state index in [0.717, 1.165) is 55.2 Å². The zero-order valence-electron chi connectivity index (χ0n) is 19.3. The topological polar surface area (TPSA) is 97.1 Å². The summed E-state index contributed by atoms with van der Waals surface area (Å²) in [5, 5.41) is 12.3. The molecular weight excluding hydrogens is 448 g/mol. The van der Waals surface area contributed by atoms with E-state index in [1.165, 1.54) is 11.9 Å². The lowest BCUT2D eigenvalue weighted by Gasteiger charge is -2.36. The SMILES string of the molecule is O=[N+]([O-])c1c(N2CCN(Cc3ccc4c(c3)OCO4)CC2)ncnc1N1CCCc2ccccc21. The Balaban J connectivity index is 1.21. The lowest BCUT2D eigenvalue weighted by atomic mass is 10.0. The van der Waals surface area contributed by atoms with Gasteiger partial charge in [0.05, 0.1) is 4.92 Å². The van der Waals surface area contributed by atoms with Crippen LogP contribution >= 0.6 is 0 Å². The minimum absolute atomic E-state index is 0.0200. The van der Waals surface area contributed by atoms with E-state index in [-0.39, 0.29) is 17.4 Å². The number of rotatable bonds is 5. The number of para-hydroxylation sites is 1. The van der Waals surface area contributed by atoms with Gasteiger partial charge in [-0.1, -0.05) is 24.3 Å². The van der Waals surface area contributed by atoms with Crippen LogP contribution in [-0.2, 0) is 13.0 Å². The Morgan fingerprint density at radius 2 is 1.74 bits per heavy atom. The highest BCUT2D eigenvalue weighted by molar-refractivity contribution is 5.78. The van der Waals surface area contributed by atoms with Gasteiger partial charge in [0, 0.05) is 45.0 Å². The summed E-state index contributed by atoms with van der Waals surface area (Å²) in [6, 6.07) is 14.1. The first-order chi connectivity index (χ1) is 17.2. The van der Waals surface area contributed by atoms with Crippen LogP contribution in [0.2, 0.25) is 0 Å². The quantitative estimate of drug-likeness (QED) is 0.406. The Kier molecular flexibility index (Phi) is 5.57. The van der Waals surface area contributed by atoms with Crippen molar-refractivity contribution in [1.82, 2.24) is 14.9 Å². The van der Waals surface area contributed by atoms with Gasteiger partial charge >= 0.3 is 5.69 Å². The summed E-state index contributed by atoms with van der Waals surface area (Å²) in [4.78, 5) is 27.0. The van der Waals surface area contributed by atoms with E-state index in [4.69, 9.17) is 9.47 Å². The molecule has 1 fully saturated rings. The predicted octanol–water partition coefficient (Wildman–Crippen LogP) is 3.52. The van der Waals surface area contributed by atoms with Crippen LogP contribution in [0.1, 0.15) is 17.5 Å². The van der Waals surface area contributed by atoms with Gasteiger partial charge in [-0.15, -0.1) is 0 Å². The molecule has 2 aromatic carbocycles. The molecule has 0 saturated carbocycles. The monoisotopic (exact) mass is 474 g/mol. The van der Waals surface area contributed by atoms with Crippen LogP contribution in [0.4, 0.5) is 23.0 Å². The number of anilines is 3. The highest BCUT2D eigenvalue weighted by Gasteiger charge is 2.33. The maximum absolute atomic E-state index is 12.3. The molecule has 4 heterocycles. The summed E-state index contributed by atoms with van der Waals surface area (Å²) in [6.45, 7) is 4.59. The molecule has 0 bridgehead atoms. The normalized spacial score (nSPS) is 17.4. The van der Waals surface area contributed by atoms with Gasteiger partial charge in [0.25, 0.3) is 0 Å². The van der Waals surface area contributed by atoms with Crippen molar-refractivity contribution in [3.8, 4) is 11.5 Å². The van der Waals surface area contributed by atoms with Crippen LogP contribution < -0.4 is 19.3 Å². The number of hydrogen-bond donors (Lipinski definition) is 0. The standard InChI is InChI=1S/C25H26N6O4/c32-31(33)23-24(26-16-27-25(23)30-9-3-5-19-4-1-2-6-20(19)30)29-12-10-28(11-13-29)15-18-7-8-21-22(14-18)35-17-34-21/h1-2,4,6-8,14,16H,3,5,9-13,15,17H2. The maximum Gasteiger partial charge on any atom is 0.353 e. The van der Waals surface area contributed by atoms with Crippen molar-refractivity contribution >= 4 is 23.0 Å². The molecular formula is C25H26N6O4.